The summed E-state index contributed by atoms with van der Waals surface area (Å²) in [5.41, 5.74) is -0.0519. The number of nitrogens with one attached hydrogen (secondary N) is 1. The number of rotatable bonds is 17. The number of hydrogen-bond donors (Lipinski definition) is 2. The standard InChI is InChI=1S/C30H47NO8/c1-9-30(7,8)29(36)37-21(6)18-31-23(28(34)35)16-22-12-13-24(38-26(32)14-10-19(2)3)25(17-22)39-27(33)15-11-20(4)5/h12-13,17,19-21,23,31H,9-11,14-16,18H2,1-8H3,(H,34,35)/t21?,23-/m0/s1. The molecule has 0 saturated heterocycles. The van der Waals surface area contributed by atoms with Crippen LogP contribution in [0.4, 0.5) is 0 Å². The number of aliphatic carboxylic acids is 1. The van der Waals surface area contributed by atoms with Crippen molar-refractivity contribution in [2.75, 3.05) is 6.54 Å². The Bertz CT molecular complexity index is 970. The van der Waals surface area contributed by atoms with Crippen molar-refractivity contribution in [3.63, 3.8) is 0 Å². The Morgan fingerprint density at radius 1 is 0.897 bits per heavy atom. The smallest absolute Gasteiger partial charge is 0.321 e. The number of carboxylic acid groups (broad SMARTS) is 1. The molecule has 0 saturated carbocycles. The first kappa shape index (κ1) is 34.1. The fourth-order valence-electron chi connectivity index (χ4n) is 3.32. The summed E-state index contributed by atoms with van der Waals surface area (Å²) in [6.07, 6.45) is 1.89. The number of esters is 3. The zero-order chi connectivity index (χ0) is 29.8. The monoisotopic (exact) mass is 549 g/mol. The number of carboxylic acids is 1. The van der Waals surface area contributed by atoms with Crippen molar-refractivity contribution in [3.05, 3.63) is 23.8 Å². The van der Waals surface area contributed by atoms with E-state index in [2.05, 4.69) is 5.32 Å². The summed E-state index contributed by atoms with van der Waals surface area (Å²) in [5, 5.41) is 12.7. The third kappa shape index (κ3) is 13.1. The van der Waals surface area contributed by atoms with Crippen LogP contribution in [0.5, 0.6) is 11.5 Å². The zero-order valence-electron chi connectivity index (χ0n) is 24.8. The van der Waals surface area contributed by atoms with E-state index in [1.54, 1.807) is 26.8 Å². The molecule has 0 spiro atoms. The van der Waals surface area contributed by atoms with Crippen molar-refractivity contribution in [2.24, 2.45) is 17.3 Å². The van der Waals surface area contributed by atoms with Crippen molar-refractivity contribution in [2.45, 2.75) is 106 Å². The third-order valence-corrected chi connectivity index (χ3v) is 6.44. The SMILES string of the molecule is CCC(C)(C)C(=O)OC(C)CN[C@@H](Cc1ccc(OC(=O)CCC(C)C)c(OC(=O)CCC(C)C)c1)C(=O)O. The first-order valence-corrected chi connectivity index (χ1v) is 13.9. The van der Waals surface area contributed by atoms with Gasteiger partial charge in [0, 0.05) is 19.4 Å². The maximum Gasteiger partial charge on any atom is 0.321 e. The first-order chi connectivity index (χ1) is 18.1. The number of carbonyl (C=O) groups is 4. The van der Waals surface area contributed by atoms with Crippen LogP contribution in [0.2, 0.25) is 0 Å². The van der Waals surface area contributed by atoms with Gasteiger partial charge in [0.05, 0.1) is 5.41 Å². The lowest BCUT2D eigenvalue weighted by Crippen LogP contribution is -2.43. The van der Waals surface area contributed by atoms with Crippen molar-refractivity contribution < 1.29 is 38.5 Å². The Kier molecular flexibility index (Phi) is 14.2. The van der Waals surface area contributed by atoms with Gasteiger partial charge < -0.3 is 24.6 Å². The molecule has 1 aromatic carbocycles. The summed E-state index contributed by atoms with van der Waals surface area (Å²) in [6.45, 7) is 15.4. The van der Waals surface area contributed by atoms with Gasteiger partial charge in [0.1, 0.15) is 12.1 Å². The van der Waals surface area contributed by atoms with E-state index in [4.69, 9.17) is 14.2 Å². The Labute approximate surface area is 233 Å². The molecule has 0 aliphatic rings. The van der Waals surface area contributed by atoms with Gasteiger partial charge in [-0.25, -0.2) is 0 Å². The summed E-state index contributed by atoms with van der Waals surface area (Å²) < 4.78 is 16.5. The molecule has 0 radical (unpaired) electrons. The highest BCUT2D eigenvalue weighted by atomic mass is 16.6. The minimum Gasteiger partial charge on any atom is -0.480 e. The summed E-state index contributed by atoms with van der Waals surface area (Å²) in [5.74, 6) is -1.48. The van der Waals surface area contributed by atoms with Gasteiger partial charge in [-0.05, 0) is 76.0 Å². The zero-order valence-corrected chi connectivity index (χ0v) is 24.8. The van der Waals surface area contributed by atoms with Gasteiger partial charge >= 0.3 is 23.9 Å². The Balaban J connectivity index is 3.01. The number of carbonyl (C=O) groups excluding carboxylic acids is 3. The Hall–Kier alpha value is -2.94. The number of hydrogen-bond acceptors (Lipinski definition) is 8. The molecule has 0 fully saturated rings. The van der Waals surface area contributed by atoms with Crippen molar-refractivity contribution in [1.82, 2.24) is 5.32 Å². The lowest BCUT2D eigenvalue weighted by Gasteiger charge is -2.24. The molecule has 0 aromatic heterocycles. The molecule has 0 heterocycles. The van der Waals surface area contributed by atoms with Crippen molar-refractivity contribution in [1.29, 1.82) is 0 Å². The topological polar surface area (TPSA) is 128 Å². The maximum absolute atomic E-state index is 12.5. The lowest BCUT2D eigenvalue weighted by molar-refractivity contribution is -0.158. The second-order valence-corrected chi connectivity index (χ2v) is 11.6. The lowest BCUT2D eigenvalue weighted by atomic mass is 9.90. The first-order valence-electron chi connectivity index (χ1n) is 13.9. The molecule has 9 heteroatoms. The highest BCUT2D eigenvalue weighted by Crippen LogP contribution is 2.30. The minimum atomic E-state index is -1.08. The van der Waals surface area contributed by atoms with Crippen LogP contribution in [0.3, 0.4) is 0 Å². The normalized spacial score (nSPS) is 13.2. The van der Waals surface area contributed by atoms with Gasteiger partial charge in [-0.1, -0.05) is 40.7 Å². The van der Waals surface area contributed by atoms with Gasteiger partial charge in [-0.3, -0.25) is 19.2 Å². The summed E-state index contributed by atoms with van der Waals surface area (Å²) in [4.78, 5) is 49.1. The molecular formula is C30H47NO8. The van der Waals surface area contributed by atoms with E-state index >= 15 is 0 Å². The molecule has 9 nitrogen and oxygen atoms in total. The fraction of sp³-hybridized carbons (Fsp3) is 0.667. The highest BCUT2D eigenvalue weighted by Gasteiger charge is 2.29. The largest absolute Gasteiger partial charge is 0.480 e. The molecule has 2 atom stereocenters. The fourth-order valence-corrected chi connectivity index (χ4v) is 3.32. The van der Waals surface area contributed by atoms with Crippen LogP contribution in [0.1, 0.15) is 93.1 Å². The Morgan fingerprint density at radius 2 is 1.44 bits per heavy atom. The molecule has 0 bridgehead atoms. The molecule has 220 valence electrons. The van der Waals surface area contributed by atoms with E-state index < -0.39 is 35.5 Å². The van der Waals surface area contributed by atoms with Crippen LogP contribution < -0.4 is 14.8 Å². The highest BCUT2D eigenvalue weighted by molar-refractivity contribution is 5.77. The average Bonchev–Trinajstić information content (AvgIpc) is 2.85. The van der Waals surface area contributed by atoms with Gasteiger partial charge in [0.25, 0.3) is 0 Å². The van der Waals surface area contributed by atoms with Gasteiger partial charge in [0.15, 0.2) is 11.5 Å². The molecule has 39 heavy (non-hydrogen) atoms. The van der Waals surface area contributed by atoms with E-state index in [1.807, 2.05) is 34.6 Å². The number of ether oxygens (including phenoxy) is 3. The van der Waals surface area contributed by atoms with Crippen molar-refractivity contribution >= 4 is 23.9 Å². The Morgan fingerprint density at radius 3 is 1.92 bits per heavy atom. The second-order valence-electron chi connectivity index (χ2n) is 11.6. The average molecular weight is 550 g/mol. The molecule has 1 rings (SSSR count). The molecule has 1 aromatic rings. The molecule has 2 N–H and O–H groups in total. The van der Waals surface area contributed by atoms with E-state index in [1.165, 1.54) is 12.1 Å². The predicted molar refractivity (Wildman–Crippen MR) is 149 cm³/mol. The van der Waals surface area contributed by atoms with E-state index in [-0.39, 0.29) is 43.3 Å². The van der Waals surface area contributed by atoms with Gasteiger partial charge in [0.2, 0.25) is 0 Å². The third-order valence-electron chi connectivity index (χ3n) is 6.44. The van der Waals surface area contributed by atoms with Crippen molar-refractivity contribution in [3.8, 4) is 11.5 Å². The van der Waals surface area contributed by atoms with E-state index in [9.17, 15) is 24.3 Å². The van der Waals surface area contributed by atoms with Crippen LogP contribution in [-0.2, 0) is 30.3 Å². The molecule has 0 aliphatic carbocycles. The van der Waals surface area contributed by atoms with Crippen LogP contribution in [0.15, 0.2) is 18.2 Å². The summed E-state index contributed by atoms with van der Waals surface area (Å²) >= 11 is 0. The van der Waals surface area contributed by atoms with Gasteiger partial charge in [-0.2, -0.15) is 0 Å². The summed E-state index contributed by atoms with van der Waals surface area (Å²) in [6, 6.07) is 3.70. The van der Waals surface area contributed by atoms with E-state index in [0.717, 1.165) is 0 Å². The number of benzene rings is 1. The molecular weight excluding hydrogens is 502 g/mol. The summed E-state index contributed by atoms with van der Waals surface area (Å²) in [7, 11) is 0. The molecule has 0 aliphatic heterocycles. The van der Waals surface area contributed by atoms with Crippen LogP contribution in [0, 0.1) is 17.3 Å². The minimum absolute atomic E-state index is 0.0641. The molecule has 0 amide bonds. The quantitative estimate of drug-likeness (QED) is 0.196. The van der Waals surface area contributed by atoms with Crippen LogP contribution >= 0.6 is 0 Å². The van der Waals surface area contributed by atoms with Gasteiger partial charge in [-0.15, -0.1) is 0 Å². The second kappa shape index (κ2) is 16.2. The van der Waals surface area contributed by atoms with Crippen LogP contribution in [0.25, 0.3) is 0 Å². The molecule has 1 unspecified atom stereocenters. The van der Waals surface area contributed by atoms with Crippen LogP contribution in [-0.4, -0.2) is 47.7 Å². The van der Waals surface area contributed by atoms with E-state index in [0.29, 0.717) is 36.7 Å². The predicted octanol–water partition coefficient (Wildman–Crippen LogP) is 5.32. The maximum atomic E-state index is 12.5.